The monoisotopic (exact) mass is 296 g/mol. The van der Waals surface area contributed by atoms with Crippen molar-refractivity contribution in [1.82, 2.24) is 5.32 Å². The zero-order valence-electron chi connectivity index (χ0n) is 12.7. The summed E-state index contributed by atoms with van der Waals surface area (Å²) in [6, 6.07) is 5.63. The van der Waals surface area contributed by atoms with Gasteiger partial charge in [0, 0.05) is 41.1 Å². The molecule has 4 nitrogen and oxygen atoms in total. The fourth-order valence-corrected chi connectivity index (χ4v) is 2.74. The number of nitrogens with one attached hydrogen (secondary N) is 2. The van der Waals surface area contributed by atoms with Crippen molar-refractivity contribution in [2.75, 3.05) is 23.9 Å². The first kappa shape index (κ1) is 16.7. The first-order valence-electron chi connectivity index (χ1n) is 6.89. The predicted octanol–water partition coefficient (Wildman–Crippen LogP) is 2.31. The van der Waals surface area contributed by atoms with Gasteiger partial charge in [-0.3, -0.25) is 9.00 Å². The summed E-state index contributed by atoms with van der Waals surface area (Å²) in [5.41, 5.74) is 2.61. The quantitative estimate of drug-likeness (QED) is 0.812. The van der Waals surface area contributed by atoms with Gasteiger partial charge in [0.25, 0.3) is 5.91 Å². The summed E-state index contributed by atoms with van der Waals surface area (Å²) in [7, 11) is -0.913. The van der Waals surface area contributed by atoms with Crippen LogP contribution in [0.3, 0.4) is 0 Å². The SMILES string of the molecule is CCCNc1cc(C)ccc1C(=O)NC(C)CS(C)=O. The highest BCUT2D eigenvalue weighted by Gasteiger charge is 2.14. The summed E-state index contributed by atoms with van der Waals surface area (Å²) in [6.45, 7) is 6.79. The van der Waals surface area contributed by atoms with Crippen molar-refractivity contribution in [1.29, 1.82) is 0 Å². The standard InChI is InChI=1S/C15H24N2O2S/c1-5-8-16-14-9-11(2)6-7-13(14)15(18)17-12(3)10-20(4)19/h6-7,9,12,16H,5,8,10H2,1-4H3,(H,17,18). The van der Waals surface area contributed by atoms with Gasteiger partial charge in [-0.05, 0) is 38.0 Å². The van der Waals surface area contributed by atoms with Crippen LogP contribution in [0.2, 0.25) is 0 Å². The summed E-state index contributed by atoms with van der Waals surface area (Å²) in [4.78, 5) is 12.3. The number of rotatable bonds is 7. The van der Waals surface area contributed by atoms with Crippen molar-refractivity contribution in [2.45, 2.75) is 33.2 Å². The molecule has 1 aromatic rings. The van der Waals surface area contributed by atoms with Crippen LogP contribution in [0.5, 0.6) is 0 Å². The Labute approximate surface area is 123 Å². The average Bonchev–Trinajstić information content (AvgIpc) is 2.35. The second-order valence-electron chi connectivity index (χ2n) is 5.09. The van der Waals surface area contributed by atoms with Gasteiger partial charge in [0.2, 0.25) is 0 Å². The summed E-state index contributed by atoms with van der Waals surface area (Å²) in [5.74, 6) is 0.344. The van der Waals surface area contributed by atoms with Crippen molar-refractivity contribution < 1.29 is 9.00 Å². The van der Waals surface area contributed by atoms with Crippen LogP contribution in [-0.2, 0) is 10.8 Å². The molecule has 1 rings (SSSR count). The third-order valence-corrected chi connectivity index (χ3v) is 3.82. The van der Waals surface area contributed by atoms with Crippen LogP contribution in [-0.4, -0.2) is 34.7 Å². The maximum atomic E-state index is 12.3. The minimum Gasteiger partial charge on any atom is -0.384 e. The lowest BCUT2D eigenvalue weighted by molar-refractivity contribution is 0.0944. The molecule has 2 atom stereocenters. The topological polar surface area (TPSA) is 58.2 Å². The van der Waals surface area contributed by atoms with E-state index in [1.54, 1.807) is 6.26 Å². The minimum absolute atomic E-state index is 0.103. The third-order valence-electron chi connectivity index (χ3n) is 2.85. The van der Waals surface area contributed by atoms with E-state index in [4.69, 9.17) is 0 Å². The lowest BCUT2D eigenvalue weighted by Gasteiger charge is -2.16. The highest BCUT2D eigenvalue weighted by molar-refractivity contribution is 7.84. The molecule has 0 fully saturated rings. The van der Waals surface area contributed by atoms with Crippen molar-refractivity contribution in [3.8, 4) is 0 Å². The Hall–Kier alpha value is -1.36. The van der Waals surface area contributed by atoms with Crippen LogP contribution >= 0.6 is 0 Å². The summed E-state index contributed by atoms with van der Waals surface area (Å²) in [5, 5.41) is 6.17. The highest BCUT2D eigenvalue weighted by Crippen LogP contribution is 2.18. The molecule has 0 aliphatic heterocycles. The van der Waals surface area contributed by atoms with Crippen LogP contribution < -0.4 is 10.6 Å². The van der Waals surface area contributed by atoms with Gasteiger partial charge < -0.3 is 10.6 Å². The Bertz CT molecular complexity index is 489. The van der Waals surface area contributed by atoms with Gasteiger partial charge >= 0.3 is 0 Å². The fraction of sp³-hybridized carbons (Fsp3) is 0.533. The number of carbonyl (C=O) groups excluding carboxylic acids is 1. The maximum Gasteiger partial charge on any atom is 0.253 e. The van der Waals surface area contributed by atoms with Crippen LogP contribution in [0, 0.1) is 6.92 Å². The van der Waals surface area contributed by atoms with E-state index in [2.05, 4.69) is 17.6 Å². The number of benzene rings is 1. The van der Waals surface area contributed by atoms with Gasteiger partial charge in [-0.2, -0.15) is 0 Å². The molecule has 0 saturated heterocycles. The number of hydrogen-bond donors (Lipinski definition) is 2. The Balaban J connectivity index is 2.83. The number of anilines is 1. The van der Waals surface area contributed by atoms with E-state index in [9.17, 15) is 9.00 Å². The van der Waals surface area contributed by atoms with Crippen LogP contribution in [0.25, 0.3) is 0 Å². The Morgan fingerprint density at radius 3 is 2.70 bits per heavy atom. The van der Waals surface area contributed by atoms with Crippen LogP contribution in [0.15, 0.2) is 18.2 Å². The summed E-state index contributed by atoms with van der Waals surface area (Å²) in [6.07, 6.45) is 2.64. The molecule has 0 radical (unpaired) electrons. The van der Waals surface area contributed by atoms with Gasteiger partial charge in [-0.1, -0.05) is 13.0 Å². The summed E-state index contributed by atoms with van der Waals surface area (Å²) < 4.78 is 11.2. The Morgan fingerprint density at radius 2 is 2.10 bits per heavy atom. The van der Waals surface area contributed by atoms with E-state index in [0.29, 0.717) is 11.3 Å². The molecule has 0 aromatic heterocycles. The van der Waals surface area contributed by atoms with Crippen molar-refractivity contribution in [3.05, 3.63) is 29.3 Å². The predicted molar refractivity (Wildman–Crippen MR) is 85.8 cm³/mol. The van der Waals surface area contributed by atoms with Gasteiger partial charge in [0.1, 0.15) is 0 Å². The highest BCUT2D eigenvalue weighted by atomic mass is 32.2. The van der Waals surface area contributed by atoms with Gasteiger partial charge in [0.15, 0.2) is 0 Å². The zero-order chi connectivity index (χ0) is 15.1. The van der Waals surface area contributed by atoms with Crippen molar-refractivity contribution in [3.63, 3.8) is 0 Å². The largest absolute Gasteiger partial charge is 0.384 e. The van der Waals surface area contributed by atoms with E-state index < -0.39 is 10.8 Å². The molecule has 2 N–H and O–H groups in total. The molecule has 0 aliphatic rings. The molecule has 1 amide bonds. The van der Waals surface area contributed by atoms with Crippen molar-refractivity contribution in [2.24, 2.45) is 0 Å². The molecular formula is C15H24N2O2S. The maximum absolute atomic E-state index is 12.3. The number of aryl methyl sites for hydroxylation is 1. The zero-order valence-corrected chi connectivity index (χ0v) is 13.5. The first-order valence-corrected chi connectivity index (χ1v) is 8.62. The van der Waals surface area contributed by atoms with Crippen molar-refractivity contribution >= 4 is 22.4 Å². The molecule has 2 unspecified atom stereocenters. The van der Waals surface area contributed by atoms with E-state index in [0.717, 1.165) is 24.2 Å². The third kappa shape index (κ3) is 5.33. The molecule has 20 heavy (non-hydrogen) atoms. The molecule has 0 saturated carbocycles. The van der Waals surface area contributed by atoms with E-state index in [1.165, 1.54) is 0 Å². The molecule has 0 spiro atoms. The molecule has 112 valence electrons. The van der Waals surface area contributed by atoms with Gasteiger partial charge in [-0.15, -0.1) is 0 Å². The van der Waals surface area contributed by atoms with Crippen LogP contribution in [0.4, 0.5) is 5.69 Å². The number of hydrogen-bond acceptors (Lipinski definition) is 3. The Morgan fingerprint density at radius 1 is 1.40 bits per heavy atom. The second-order valence-corrected chi connectivity index (χ2v) is 6.57. The molecular weight excluding hydrogens is 272 g/mol. The molecule has 0 heterocycles. The molecule has 0 bridgehead atoms. The van der Waals surface area contributed by atoms with E-state index >= 15 is 0 Å². The molecule has 0 aliphatic carbocycles. The van der Waals surface area contributed by atoms with E-state index in [-0.39, 0.29) is 11.9 Å². The smallest absolute Gasteiger partial charge is 0.253 e. The van der Waals surface area contributed by atoms with Gasteiger partial charge in [0.05, 0.1) is 5.56 Å². The lowest BCUT2D eigenvalue weighted by Crippen LogP contribution is -2.36. The second kappa shape index (κ2) is 8.04. The first-order chi connectivity index (χ1) is 9.43. The van der Waals surface area contributed by atoms with Crippen LogP contribution in [0.1, 0.15) is 36.2 Å². The average molecular weight is 296 g/mol. The number of carbonyl (C=O) groups is 1. The Kier molecular flexibility index (Phi) is 6.71. The minimum atomic E-state index is -0.913. The number of amides is 1. The van der Waals surface area contributed by atoms with Gasteiger partial charge in [-0.25, -0.2) is 0 Å². The van der Waals surface area contributed by atoms with E-state index in [1.807, 2.05) is 32.0 Å². The normalized spacial score (nSPS) is 13.6. The summed E-state index contributed by atoms with van der Waals surface area (Å²) >= 11 is 0. The lowest BCUT2D eigenvalue weighted by atomic mass is 10.1. The fourth-order valence-electron chi connectivity index (χ4n) is 1.96. The molecule has 5 heteroatoms. The molecule has 1 aromatic carbocycles.